The molecule has 0 bridgehead atoms. The van der Waals surface area contributed by atoms with E-state index in [9.17, 15) is 14.4 Å². The van der Waals surface area contributed by atoms with E-state index in [0.29, 0.717) is 30.6 Å². The van der Waals surface area contributed by atoms with E-state index in [0.717, 1.165) is 15.5 Å². The molecule has 164 valence electrons. The summed E-state index contributed by atoms with van der Waals surface area (Å²) in [4.78, 5) is 40.4. The third-order valence-electron chi connectivity index (χ3n) is 4.48. The van der Waals surface area contributed by atoms with E-state index >= 15 is 0 Å². The van der Waals surface area contributed by atoms with Crippen molar-refractivity contribution in [3.8, 4) is 0 Å². The number of hydrogen-bond donors (Lipinski definition) is 1. The van der Waals surface area contributed by atoms with E-state index < -0.39 is 17.7 Å². The van der Waals surface area contributed by atoms with Gasteiger partial charge < -0.3 is 19.7 Å². The molecule has 0 aliphatic carbocycles. The number of methoxy groups -OCH3 is 1. The van der Waals surface area contributed by atoms with E-state index in [1.807, 2.05) is 18.2 Å². The van der Waals surface area contributed by atoms with Crippen LogP contribution in [0.3, 0.4) is 0 Å². The van der Waals surface area contributed by atoms with Crippen LogP contribution in [0, 0.1) is 0 Å². The Morgan fingerprint density at radius 2 is 1.84 bits per heavy atom. The average molecular weight is 443 g/mol. The van der Waals surface area contributed by atoms with Gasteiger partial charge in [-0.3, -0.25) is 4.79 Å². The molecule has 3 rings (SSSR count). The number of fused-ring (bicyclic) bond motifs is 2. The van der Waals surface area contributed by atoms with E-state index in [1.165, 1.54) is 18.9 Å². The van der Waals surface area contributed by atoms with Crippen LogP contribution in [-0.2, 0) is 9.47 Å². The molecule has 8 heteroatoms. The third-order valence-corrected chi connectivity index (χ3v) is 5.60. The number of carbonyl (C=O) groups is 3. The fourth-order valence-corrected chi connectivity index (χ4v) is 4.25. The smallest absolute Gasteiger partial charge is 0.407 e. The van der Waals surface area contributed by atoms with Crippen LogP contribution in [0.5, 0.6) is 0 Å². The number of esters is 1. The summed E-state index contributed by atoms with van der Waals surface area (Å²) in [6.45, 7) is 6.17. The highest BCUT2D eigenvalue weighted by Crippen LogP contribution is 2.41. The summed E-state index contributed by atoms with van der Waals surface area (Å²) in [5, 5.41) is 2.72. The first kappa shape index (κ1) is 22.7. The van der Waals surface area contributed by atoms with E-state index in [1.54, 1.807) is 49.9 Å². The van der Waals surface area contributed by atoms with E-state index in [2.05, 4.69) is 5.32 Å². The second kappa shape index (κ2) is 9.43. The Balaban J connectivity index is 1.81. The van der Waals surface area contributed by atoms with Crippen molar-refractivity contribution in [3.05, 3.63) is 53.6 Å². The van der Waals surface area contributed by atoms with Gasteiger partial charge in [0.25, 0.3) is 5.91 Å². The summed E-state index contributed by atoms with van der Waals surface area (Å²) in [6.07, 6.45) is 0.0504. The highest BCUT2D eigenvalue weighted by Gasteiger charge is 2.27. The Kier molecular flexibility index (Phi) is 6.90. The molecule has 0 saturated heterocycles. The molecule has 7 nitrogen and oxygen atoms in total. The molecule has 2 aromatic carbocycles. The van der Waals surface area contributed by atoms with Gasteiger partial charge in [-0.1, -0.05) is 23.9 Å². The van der Waals surface area contributed by atoms with Gasteiger partial charge in [0.1, 0.15) is 5.60 Å². The predicted molar refractivity (Wildman–Crippen MR) is 119 cm³/mol. The molecule has 1 aliphatic heterocycles. The summed E-state index contributed by atoms with van der Waals surface area (Å²) in [5.41, 5.74) is 1.17. The molecular weight excluding hydrogens is 416 g/mol. The standard InChI is InChI=1S/C23H26N2O5S/c1-23(2,3)30-22(28)24-12-7-13-25-17-11-10-15(21(27)29-4)14-19(17)31-18-9-6-5-8-16(18)20(25)26/h5-6,8-11,14H,7,12-13H2,1-4H3,(H,24,28). The Morgan fingerprint density at radius 1 is 1.10 bits per heavy atom. The number of rotatable bonds is 5. The van der Waals surface area contributed by atoms with Crippen LogP contribution in [0.25, 0.3) is 0 Å². The number of anilines is 1. The van der Waals surface area contributed by atoms with Crippen molar-refractivity contribution in [1.82, 2.24) is 5.32 Å². The minimum atomic E-state index is -0.567. The fraction of sp³-hybridized carbons (Fsp3) is 0.348. The molecule has 1 N–H and O–H groups in total. The zero-order valence-corrected chi connectivity index (χ0v) is 18.9. The molecule has 0 saturated carbocycles. The lowest BCUT2D eigenvalue weighted by Crippen LogP contribution is -2.36. The van der Waals surface area contributed by atoms with Gasteiger partial charge in [-0.2, -0.15) is 0 Å². The number of amides is 2. The number of benzene rings is 2. The number of alkyl carbamates (subject to hydrolysis) is 1. The lowest BCUT2D eigenvalue weighted by atomic mass is 10.1. The minimum Gasteiger partial charge on any atom is -0.465 e. The van der Waals surface area contributed by atoms with Crippen molar-refractivity contribution >= 4 is 35.4 Å². The molecule has 1 heterocycles. The second-order valence-electron chi connectivity index (χ2n) is 8.01. The molecule has 0 unspecified atom stereocenters. The predicted octanol–water partition coefficient (Wildman–Crippen LogP) is 4.50. The molecule has 0 fully saturated rings. The van der Waals surface area contributed by atoms with Gasteiger partial charge in [-0.25, -0.2) is 9.59 Å². The highest BCUT2D eigenvalue weighted by molar-refractivity contribution is 7.99. The maximum absolute atomic E-state index is 13.3. The summed E-state index contributed by atoms with van der Waals surface area (Å²) in [7, 11) is 1.34. The SMILES string of the molecule is COC(=O)c1ccc2c(c1)Sc1ccccc1C(=O)N2CCCNC(=O)OC(C)(C)C. The normalized spacial score (nSPS) is 13.0. The van der Waals surface area contributed by atoms with Crippen molar-refractivity contribution in [2.75, 3.05) is 25.1 Å². The minimum absolute atomic E-state index is 0.120. The quantitative estimate of drug-likeness (QED) is 0.542. The van der Waals surface area contributed by atoms with Gasteiger partial charge in [0.05, 0.1) is 23.9 Å². The summed E-state index contributed by atoms with van der Waals surface area (Å²) >= 11 is 1.44. The van der Waals surface area contributed by atoms with Crippen molar-refractivity contribution in [3.63, 3.8) is 0 Å². The van der Waals surface area contributed by atoms with Gasteiger partial charge in [0, 0.05) is 22.9 Å². The van der Waals surface area contributed by atoms with Gasteiger partial charge >= 0.3 is 12.1 Å². The molecule has 1 aliphatic rings. The van der Waals surface area contributed by atoms with Crippen molar-refractivity contribution < 1.29 is 23.9 Å². The van der Waals surface area contributed by atoms with Crippen LogP contribution in [0.4, 0.5) is 10.5 Å². The van der Waals surface area contributed by atoms with Crippen molar-refractivity contribution in [1.29, 1.82) is 0 Å². The Morgan fingerprint density at radius 3 is 2.55 bits per heavy atom. The molecular formula is C23H26N2O5S. The monoisotopic (exact) mass is 442 g/mol. The van der Waals surface area contributed by atoms with Crippen LogP contribution < -0.4 is 10.2 Å². The summed E-state index contributed by atoms with van der Waals surface area (Å²) in [5.74, 6) is -0.551. The molecule has 2 amide bonds. The average Bonchev–Trinajstić information content (AvgIpc) is 2.83. The Bertz CT molecular complexity index is 1000. The first-order chi connectivity index (χ1) is 14.7. The Hall–Kier alpha value is -3.00. The number of carbonyl (C=O) groups excluding carboxylic acids is 3. The van der Waals surface area contributed by atoms with Crippen LogP contribution in [0.15, 0.2) is 52.3 Å². The van der Waals surface area contributed by atoms with Crippen LogP contribution >= 0.6 is 11.8 Å². The van der Waals surface area contributed by atoms with Gasteiger partial charge in [0.2, 0.25) is 0 Å². The number of ether oxygens (including phenoxy) is 2. The largest absolute Gasteiger partial charge is 0.465 e. The third kappa shape index (κ3) is 5.58. The number of nitrogens with zero attached hydrogens (tertiary/aromatic N) is 1. The van der Waals surface area contributed by atoms with Gasteiger partial charge in [0.15, 0.2) is 0 Å². The van der Waals surface area contributed by atoms with E-state index in [-0.39, 0.29) is 5.91 Å². The van der Waals surface area contributed by atoms with Crippen molar-refractivity contribution in [2.24, 2.45) is 0 Å². The molecule has 2 aromatic rings. The lowest BCUT2D eigenvalue weighted by molar-refractivity contribution is 0.0526. The van der Waals surface area contributed by atoms with E-state index in [4.69, 9.17) is 9.47 Å². The second-order valence-corrected chi connectivity index (χ2v) is 9.10. The molecule has 0 spiro atoms. The molecule has 31 heavy (non-hydrogen) atoms. The summed E-state index contributed by atoms with van der Waals surface area (Å²) in [6, 6.07) is 12.6. The zero-order chi connectivity index (χ0) is 22.6. The molecule has 0 atom stereocenters. The lowest BCUT2D eigenvalue weighted by Gasteiger charge is -2.24. The molecule has 0 aromatic heterocycles. The molecule has 0 radical (unpaired) electrons. The fourth-order valence-electron chi connectivity index (χ4n) is 3.13. The first-order valence-electron chi connectivity index (χ1n) is 9.97. The van der Waals surface area contributed by atoms with Gasteiger partial charge in [-0.05, 0) is 57.5 Å². The zero-order valence-electron chi connectivity index (χ0n) is 18.1. The maximum Gasteiger partial charge on any atom is 0.407 e. The van der Waals surface area contributed by atoms with Crippen LogP contribution in [-0.4, -0.2) is 43.8 Å². The highest BCUT2D eigenvalue weighted by atomic mass is 32.2. The Labute approximate surface area is 186 Å². The topological polar surface area (TPSA) is 84.9 Å². The summed E-state index contributed by atoms with van der Waals surface area (Å²) < 4.78 is 10.1. The number of nitrogens with one attached hydrogen (secondary N) is 1. The van der Waals surface area contributed by atoms with Crippen LogP contribution in [0.1, 0.15) is 47.9 Å². The number of hydrogen-bond acceptors (Lipinski definition) is 6. The van der Waals surface area contributed by atoms with Crippen LogP contribution in [0.2, 0.25) is 0 Å². The first-order valence-corrected chi connectivity index (χ1v) is 10.8. The van der Waals surface area contributed by atoms with Gasteiger partial charge in [-0.15, -0.1) is 0 Å². The maximum atomic E-state index is 13.3. The van der Waals surface area contributed by atoms with Crippen molar-refractivity contribution in [2.45, 2.75) is 42.6 Å².